The molecule has 1 aromatic heterocycles. The van der Waals surface area contributed by atoms with E-state index in [9.17, 15) is 14.4 Å². The first-order valence-corrected chi connectivity index (χ1v) is 7.93. The number of allylic oxidation sites excluding steroid dienone is 1. The smallest absolute Gasteiger partial charge is 0.166 e. The van der Waals surface area contributed by atoms with Crippen LogP contribution in [-0.2, 0) is 9.59 Å². The van der Waals surface area contributed by atoms with Gasteiger partial charge in [-0.2, -0.15) is 0 Å². The van der Waals surface area contributed by atoms with Crippen molar-refractivity contribution < 1.29 is 14.4 Å². The fourth-order valence-electron chi connectivity index (χ4n) is 2.44. The van der Waals surface area contributed by atoms with Gasteiger partial charge in [0.15, 0.2) is 11.6 Å². The summed E-state index contributed by atoms with van der Waals surface area (Å²) >= 11 is 0. The van der Waals surface area contributed by atoms with Crippen LogP contribution < -0.4 is 0 Å². The number of hydrogen-bond donors (Lipinski definition) is 1. The van der Waals surface area contributed by atoms with Gasteiger partial charge in [0, 0.05) is 36.6 Å². The van der Waals surface area contributed by atoms with Crippen molar-refractivity contribution in [2.75, 3.05) is 0 Å². The van der Waals surface area contributed by atoms with Crippen LogP contribution in [0.4, 0.5) is 0 Å². The van der Waals surface area contributed by atoms with Gasteiger partial charge in [-0.25, -0.2) is 0 Å². The van der Waals surface area contributed by atoms with Crippen LogP contribution in [-0.4, -0.2) is 22.3 Å². The van der Waals surface area contributed by atoms with E-state index in [4.69, 9.17) is 0 Å². The van der Waals surface area contributed by atoms with Crippen molar-refractivity contribution in [3.8, 4) is 0 Å². The van der Waals surface area contributed by atoms with Crippen molar-refractivity contribution in [1.82, 2.24) is 4.98 Å². The molecule has 2 rings (SSSR count). The molecule has 23 heavy (non-hydrogen) atoms. The summed E-state index contributed by atoms with van der Waals surface area (Å²) < 4.78 is 0. The number of fused-ring (bicyclic) bond motifs is 1. The molecule has 0 unspecified atom stereocenters. The summed E-state index contributed by atoms with van der Waals surface area (Å²) in [5.74, 6) is 0.00695. The van der Waals surface area contributed by atoms with E-state index in [0.29, 0.717) is 24.1 Å². The second kappa shape index (κ2) is 7.68. The van der Waals surface area contributed by atoms with Crippen molar-refractivity contribution >= 4 is 34.3 Å². The number of hydrogen-bond acceptors (Lipinski definition) is 3. The van der Waals surface area contributed by atoms with Crippen LogP contribution in [0, 0.1) is 0 Å². The molecule has 1 N–H and O–H groups in total. The van der Waals surface area contributed by atoms with Gasteiger partial charge in [0.05, 0.1) is 11.3 Å². The van der Waals surface area contributed by atoms with Gasteiger partial charge in [-0.05, 0) is 18.2 Å². The maximum Gasteiger partial charge on any atom is 0.166 e. The van der Waals surface area contributed by atoms with Crippen molar-refractivity contribution in [2.45, 2.75) is 39.5 Å². The first-order valence-electron chi connectivity index (χ1n) is 7.93. The van der Waals surface area contributed by atoms with Crippen molar-refractivity contribution in [2.24, 2.45) is 0 Å². The lowest BCUT2D eigenvalue weighted by Gasteiger charge is -2.01. The van der Waals surface area contributed by atoms with Crippen molar-refractivity contribution in [3.63, 3.8) is 0 Å². The van der Waals surface area contributed by atoms with Gasteiger partial charge in [-0.1, -0.05) is 32.0 Å². The number of H-pyrrole nitrogens is 1. The molecule has 1 aromatic carbocycles. The quantitative estimate of drug-likeness (QED) is 0.589. The molecule has 0 aliphatic rings. The SMILES string of the molecule is CCC(=O)/C=C/c1[nH]c2ccccc2c1C(=O)CCC(=O)CC. The molecule has 0 saturated heterocycles. The molecule has 120 valence electrons. The van der Waals surface area contributed by atoms with Crippen LogP contribution in [0.1, 0.15) is 55.6 Å². The van der Waals surface area contributed by atoms with Gasteiger partial charge in [-0.15, -0.1) is 0 Å². The molecular formula is C19H21NO3. The minimum absolute atomic E-state index is 0.00298. The summed E-state index contributed by atoms with van der Waals surface area (Å²) in [5, 5.41) is 0.824. The minimum Gasteiger partial charge on any atom is -0.354 e. The Morgan fingerprint density at radius 2 is 1.78 bits per heavy atom. The van der Waals surface area contributed by atoms with Gasteiger partial charge in [0.25, 0.3) is 0 Å². The number of aromatic nitrogens is 1. The number of ketones is 3. The third kappa shape index (κ3) is 4.03. The average molecular weight is 311 g/mol. The van der Waals surface area contributed by atoms with Gasteiger partial charge in [0.1, 0.15) is 5.78 Å². The number of benzene rings is 1. The first kappa shape index (κ1) is 16.9. The topological polar surface area (TPSA) is 67.0 Å². The Kier molecular flexibility index (Phi) is 5.63. The molecule has 0 radical (unpaired) electrons. The van der Waals surface area contributed by atoms with E-state index in [2.05, 4.69) is 4.98 Å². The predicted molar refractivity (Wildman–Crippen MR) is 91.5 cm³/mol. The lowest BCUT2D eigenvalue weighted by molar-refractivity contribution is -0.118. The number of para-hydroxylation sites is 1. The van der Waals surface area contributed by atoms with E-state index >= 15 is 0 Å². The fourth-order valence-corrected chi connectivity index (χ4v) is 2.44. The number of nitrogens with one attached hydrogen (secondary N) is 1. The normalized spacial score (nSPS) is 11.2. The van der Waals surface area contributed by atoms with E-state index < -0.39 is 0 Å². The highest BCUT2D eigenvalue weighted by Crippen LogP contribution is 2.25. The van der Waals surface area contributed by atoms with Crippen LogP contribution >= 0.6 is 0 Å². The van der Waals surface area contributed by atoms with Crippen LogP contribution in [0.5, 0.6) is 0 Å². The summed E-state index contributed by atoms with van der Waals surface area (Å²) in [5.41, 5.74) is 2.04. The molecular weight excluding hydrogens is 290 g/mol. The maximum atomic E-state index is 12.6. The minimum atomic E-state index is -0.0761. The zero-order chi connectivity index (χ0) is 16.8. The number of carbonyl (C=O) groups is 3. The molecule has 0 atom stereocenters. The lowest BCUT2D eigenvalue weighted by atomic mass is 10.0. The van der Waals surface area contributed by atoms with E-state index in [1.165, 1.54) is 6.08 Å². The van der Waals surface area contributed by atoms with Crippen LogP contribution in [0.15, 0.2) is 30.3 Å². The van der Waals surface area contributed by atoms with Gasteiger partial charge in [0.2, 0.25) is 0 Å². The molecule has 0 amide bonds. The zero-order valence-electron chi connectivity index (χ0n) is 13.5. The van der Waals surface area contributed by atoms with Gasteiger partial charge in [-0.3, -0.25) is 14.4 Å². The molecule has 4 heteroatoms. The molecule has 1 heterocycles. The summed E-state index contributed by atoms with van der Waals surface area (Å²) in [7, 11) is 0. The van der Waals surface area contributed by atoms with E-state index in [0.717, 1.165) is 10.9 Å². The number of carbonyl (C=O) groups excluding carboxylic acids is 3. The standard InChI is InChI=1S/C19H21NO3/c1-3-13(21)9-11-17-19(18(23)12-10-14(22)4-2)15-7-5-6-8-16(15)20-17/h5-9,11,20H,3-4,10,12H2,1-2H3/b11-9+. The highest BCUT2D eigenvalue weighted by molar-refractivity contribution is 6.12. The highest BCUT2D eigenvalue weighted by Gasteiger charge is 2.17. The summed E-state index contributed by atoms with van der Waals surface area (Å²) in [4.78, 5) is 38.7. The van der Waals surface area contributed by atoms with Gasteiger partial charge >= 0.3 is 0 Å². The summed E-state index contributed by atoms with van der Waals surface area (Å²) in [6.07, 6.45) is 4.45. The Labute approximate surface area is 135 Å². The first-order chi connectivity index (χ1) is 11.1. The zero-order valence-corrected chi connectivity index (χ0v) is 13.5. The third-order valence-corrected chi connectivity index (χ3v) is 3.82. The molecule has 0 bridgehead atoms. The maximum absolute atomic E-state index is 12.6. The van der Waals surface area contributed by atoms with Crippen LogP contribution in [0.2, 0.25) is 0 Å². The van der Waals surface area contributed by atoms with E-state index in [-0.39, 0.29) is 30.2 Å². The lowest BCUT2D eigenvalue weighted by Crippen LogP contribution is -2.05. The Hall–Kier alpha value is -2.49. The van der Waals surface area contributed by atoms with Crippen molar-refractivity contribution in [3.05, 3.63) is 41.6 Å². The van der Waals surface area contributed by atoms with Crippen molar-refractivity contribution in [1.29, 1.82) is 0 Å². The fraction of sp³-hybridized carbons (Fsp3) is 0.316. The summed E-state index contributed by atoms with van der Waals surface area (Å²) in [6, 6.07) is 7.52. The second-order valence-electron chi connectivity index (χ2n) is 5.43. The molecule has 0 saturated carbocycles. The predicted octanol–water partition coefficient (Wildman–Crippen LogP) is 4.10. The number of aromatic amines is 1. The summed E-state index contributed by atoms with van der Waals surface area (Å²) in [6.45, 7) is 3.59. The molecule has 0 spiro atoms. The molecule has 0 fully saturated rings. The van der Waals surface area contributed by atoms with Gasteiger partial charge < -0.3 is 4.98 Å². The molecule has 0 aliphatic heterocycles. The number of rotatable bonds is 8. The third-order valence-electron chi connectivity index (χ3n) is 3.82. The Balaban J connectivity index is 2.38. The average Bonchev–Trinajstić information content (AvgIpc) is 2.95. The largest absolute Gasteiger partial charge is 0.354 e. The highest BCUT2D eigenvalue weighted by atomic mass is 16.1. The Morgan fingerprint density at radius 3 is 2.48 bits per heavy atom. The molecule has 0 aliphatic carbocycles. The van der Waals surface area contributed by atoms with Crippen LogP contribution in [0.25, 0.3) is 17.0 Å². The Morgan fingerprint density at radius 1 is 1.04 bits per heavy atom. The molecule has 4 nitrogen and oxygen atoms in total. The van der Waals surface area contributed by atoms with Crippen LogP contribution in [0.3, 0.4) is 0 Å². The number of Topliss-reactive ketones (excluding diaryl/α,β-unsaturated/α-hetero) is 2. The molecule has 2 aromatic rings. The van der Waals surface area contributed by atoms with E-state index in [1.807, 2.05) is 24.3 Å². The monoisotopic (exact) mass is 311 g/mol. The Bertz CT molecular complexity index is 768. The van der Waals surface area contributed by atoms with E-state index in [1.54, 1.807) is 19.9 Å². The second-order valence-corrected chi connectivity index (χ2v) is 5.43.